The summed E-state index contributed by atoms with van der Waals surface area (Å²) < 4.78 is 14.0. The number of nitrogens with zero attached hydrogens (tertiary/aromatic N) is 1. The van der Waals surface area contributed by atoms with E-state index in [9.17, 15) is 14.3 Å². The fraction of sp³-hybridized carbons (Fsp3) is 0.438. The smallest absolute Gasteiger partial charge is 0.256 e. The van der Waals surface area contributed by atoms with Crippen molar-refractivity contribution in [3.63, 3.8) is 0 Å². The molecule has 1 fully saturated rings. The Kier molecular flexibility index (Phi) is 4.94. The molecule has 5 heteroatoms. The Morgan fingerprint density at radius 2 is 2.24 bits per heavy atom. The van der Waals surface area contributed by atoms with E-state index in [4.69, 9.17) is 5.73 Å². The summed E-state index contributed by atoms with van der Waals surface area (Å²) >= 11 is 0. The van der Waals surface area contributed by atoms with Crippen molar-refractivity contribution in [2.75, 3.05) is 20.1 Å². The maximum atomic E-state index is 14.0. The molecule has 1 aliphatic rings. The van der Waals surface area contributed by atoms with E-state index in [0.29, 0.717) is 30.9 Å². The zero-order valence-electron chi connectivity index (χ0n) is 12.0. The number of carbonyl (C=O) groups excluding carboxylic acids is 1. The first kappa shape index (κ1) is 15.5. The predicted octanol–water partition coefficient (Wildman–Crippen LogP) is 0.979. The molecule has 1 saturated carbocycles. The number of halogens is 1. The number of hydrogen-bond donors (Lipinski definition) is 2. The molecule has 4 nitrogen and oxygen atoms in total. The van der Waals surface area contributed by atoms with Gasteiger partial charge in [-0.1, -0.05) is 11.8 Å². The Bertz CT molecular complexity index is 586. The summed E-state index contributed by atoms with van der Waals surface area (Å²) in [7, 11) is 1.65. The third kappa shape index (κ3) is 3.81. The van der Waals surface area contributed by atoms with Crippen LogP contribution in [0.15, 0.2) is 18.2 Å². The molecule has 0 heterocycles. The molecule has 0 bridgehead atoms. The van der Waals surface area contributed by atoms with Crippen LogP contribution in [0, 0.1) is 23.6 Å². The first-order chi connectivity index (χ1) is 10.0. The largest absolute Gasteiger partial charge is 0.393 e. The highest BCUT2D eigenvalue weighted by Gasteiger charge is 2.29. The number of aliphatic hydroxyl groups is 1. The van der Waals surface area contributed by atoms with Crippen LogP contribution >= 0.6 is 0 Å². The monoisotopic (exact) mass is 290 g/mol. The van der Waals surface area contributed by atoms with Gasteiger partial charge in [-0.3, -0.25) is 4.79 Å². The molecule has 21 heavy (non-hydrogen) atoms. The highest BCUT2D eigenvalue weighted by atomic mass is 19.1. The number of amides is 1. The SMILES string of the molecule is CN(CC1CC(O)C1)C(=O)c1ccc(C#CCN)cc1F. The van der Waals surface area contributed by atoms with Crippen LogP contribution in [0.4, 0.5) is 4.39 Å². The van der Waals surface area contributed by atoms with Crippen molar-refractivity contribution in [2.24, 2.45) is 11.7 Å². The number of carbonyl (C=O) groups is 1. The molecule has 1 aromatic rings. The average Bonchev–Trinajstić information content (AvgIpc) is 2.42. The number of benzene rings is 1. The third-order valence-electron chi connectivity index (χ3n) is 3.62. The van der Waals surface area contributed by atoms with Crippen LogP contribution in [0.2, 0.25) is 0 Å². The molecule has 1 aliphatic carbocycles. The van der Waals surface area contributed by atoms with Gasteiger partial charge < -0.3 is 15.7 Å². The van der Waals surface area contributed by atoms with Gasteiger partial charge >= 0.3 is 0 Å². The van der Waals surface area contributed by atoms with Gasteiger partial charge in [-0.25, -0.2) is 4.39 Å². The Labute approximate surface area is 123 Å². The number of nitrogens with two attached hydrogens (primary N) is 1. The third-order valence-corrected chi connectivity index (χ3v) is 3.62. The van der Waals surface area contributed by atoms with E-state index in [-0.39, 0.29) is 24.1 Å². The first-order valence-electron chi connectivity index (χ1n) is 6.93. The minimum absolute atomic E-state index is 0.0377. The molecule has 0 saturated heterocycles. The maximum absolute atomic E-state index is 14.0. The van der Waals surface area contributed by atoms with Crippen LogP contribution in [-0.4, -0.2) is 42.2 Å². The molecular formula is C16H19FN2O2. The van der Waals surface area contributed by atoms with Gasteiger partial charge in [0.2, 0.25) is 0 Å². The van der Waals surface area contributed by atoms with E-state index < -0.39 is 5.82 Å². The van der Waals surface area contributed by atoms with Crippen molar-refractivity contribution >= 4 is 5.91 Å². The molecule has 0 spiro atoms. The van der Waals surface area contributed by atoms with E-state index in [1.807, 2.05) is 0 Å². The normalized spacial score (nSPS) is 20.2. The van der Waals surface area contributed by atoms with Crippen LogP contribution in [-0.2, 0) is 0 Å². The Morgan fingerprint density at radius 3 is 2.81 bits per heavy atom. The van der Waals surface area contributed by atoms with Crippen molar-refractivity contribution in [1.29, 1.82) is 0 Å². The molecule has 3 N–H and O–H groups in total. The lowest BCUT2D eigenvalue weighted by Crippen LogP contribution is -2.39. The second kappa shape index (κ2) is 6.70. The van der Waals surface area contributed by atoms with Crippen LogP contribution < -0.4 is 5.73 Å². The molecule has 2 rings (SSSR count). The van der Waals surface area contributed by atoms with E-state index >= 15 is 0 Å². The highest BCUT2D eigenvalue weighted by Crippen LogP contribution is 2.28. The van der Waals surface area contributed by atoms with Crippen LogP contribution in [0.1, 0.15) is 28.8 Å². The summed E-state index contributed by atoms with van der Waals surface area (Å²) in [5, 5.41) is 9.25. The lowest BCUT2D eigenvalue weighted by atomic mass is 9.82. The zero-order chi connectivity index (χ0) is 15.4. The van der Waals surface area contributed by atoms with Gasteiger partial charge in [0.25, 0.3) is 5.91 Å². The molecule has 0 radical (unpaired) electrons. The molecule has 0 aliphatic heterocycles. The summed E-state index contributed by atoms with van der Waals surface area (Å²) in [6.45, 7) is 0.738. The second-order valence-corrected chi connectivity index (χ2v) is 5.38. The van der Waals surface area contributed by atoms with Crippen molar-refractivity contribution in [3.8, 4) is 11.8 Å². The fourth-order valence-electron chi connectivity index (χ4n) is 2.44. The van der Waals surface area contributed by atoms with Crippen LogP contribution in [0.25, 0.3) is 0 Å². The number of hydrogen-bond acceptors (Lipinski definition) is 3. The lowest BCUT2D eigenvalue weighted by Gasteiger charge is -2.34. The van der Waals surface area contributed by atoms with Crippen molar-refractivity contribution < 1.29 is 14.3 Å². The molecule has 1 amide bonds. The van der Waals surface area contributed by atoms with Gasteiger partial charge in [0.15, 0.2) is 0 Å². The average molecular weight is 290 g/mol. The van der Waals surface area contributed by atoms with E-state index in [1.165, 1.54) is 17.0 Å². The molecule has 1 aromatic carbocycles. The molecular weight excluding hydrogens is 271 g/mol. The highest BCUT2D eigenvalue weighted by molar-refractivity contribution is 5.94. The van der Waals surface area contributed by atoms with Crippen molar-refractivity contribution in [1.82, 2.24) is 4.90 Å². The van der Waals surface area contributed by atoms with E-state index in [1.54, 1.807) is 13.1 Å². The quantitative estimate of drug-likeness (QED) is 0.816. The summed E-state index contributed by atoms with van der Waals surface area (Å²) in [5.74, 6) is 4.73. The molecule has 0 unspecified atom stereocenters. The van der Waals surface area contributed by atoms with E-state index in [0.717, 1.165) is 0 Å². The first-order valence-corrected chi connectivity index (χ1v) is 6.93. The van der Waals surface area contributed by atoms with Gasteiger partial charge in [0.1, 0.15) is 5.82 Å². The van der Waals surface area contributed by atoms with Gasteiger partial charge in [0, 0.05) is 19.2 Å². The lowest BCUT2D eigenvalue weighted by molar-refractivity contribution is 0.0264. The fourth-order valence-corrected chi connectivity index (χ4v) is 2.44. The van der Waals surface area contributed by atoms with Gasteiger partial charge in [-0.05, 0) is 37.0 Å². The minimum atomic E-state index is -0.579. The Morgan fingerprint density at radius 1 is 1.52 bits per heavy atom. The Balaban J connectivity index is 2.04. The maximum Gasteiger partial charge on any atom is 0.256 e. The Hall–Kier alpha value is -1.90. The van der Waals surface area contributed by atoms with E-state index in [2.05, 4.69) is 11.8 Å². The predicted molar refractivity (Wildman–Crippen MR) is 78.0 cm³/mol. The van der Waals surface area contributed by atoms with Gasteiger partial charge in [0.05, 0.1) is 18.2 Å². The summed E-state index contributed by atoms with van der Waals surface area (Å²) in [6, 6.07) is 4.31. The molecule has 0 atom stereocenters. The van der Waals surface area contributed by atoms with Crippen LogP contribution in [0.3, 0.4) is 0 Å². The summed E-state index contributed by atoms with van der Waals surface area (Å²) in [6.07, 6.45) is 1.15. The number of aliphatic hydroxyl groups excluding tert-OH is 1. The van der Waals surface area contributed by atoms with Gasteiger partial charge in [-0.2, -0.15) is 0 Å². The van der Waals surface area contributed by atoms with Gasteiger partial charge in [-0.15, -0.1) is 0 Å². The van der Waals surface area contributed by atoms with Crippen LogP contribution in [0.5, 0.6) is 0 Å². The van der Waals surface area contributed by atoms with Crippen molar-refractivity contribution in [3.05, 3.63) is 35.1 Å². The minimum Gasteiger partial charge on any atom is -0.393 e. The molecule has 0 aromatic heterocycles. The molecule has 112 valence electrons. The second-order valence-electron chi connectivity index (χ2n) is 5.38. The standard InChI is InChI=1S/C16H19FN2O2/c1-19(10-12-7-13(20)8-12)16(21)14-5-4-11(3-2-6-18)9-15(14)17/h4-5,9,12-13,20H,6-8,10,18H2,1H3. The zero-order valence-corrected chi connectivity index (χ0v) is 12.0. The summed E-state index contributed by atoms with van der Waals surface area (Å²) in [4.78, 5) is 13.7. The number of rotatable bonds is 3. The topological polar surface area (TPSA) is 66.6 Å². The summed E-state index contributed by atoms with van der Waals surface area (Å²) in [5.41, 5.74) is 5.80. The van der Waals surface area contributed by atoms with Crippen molar-refractivity contribution in [2.45, 2.75) is 18.9 Å².